The Morgan fingerprint density at radius 2 is 1.79 bits per heavy atom. The minimum Gasteiger partial charge on any atom is -0.384 e. The highest BCUT2D eigenvalue weighted by Gasteiger charge is 2.47. The highest BCUT2D eigenvalue weighted by molar-refractivity contribution is 5.96. The fourth-order valence-corrected chi connectivity index (χ4v) is 6.31. The third kappa shape index (κ3) is 5.56. The average Bonchev–Trinajstić information content (AvgIpc) is 3.54. The first-order chi connectivity index (χ1) is 18.1. The maximum atomic E-state index is 12.9. The zero-order valence-corrected chi connectivity index (χ0v) is 21.2. The van der Waals surface area contributed by atoms with E-state index < -0.39 is 23.2 Å². The summed E-state index contributed by atoms with van der Waals surface area (Å²) >= 11 is 0. The van der Waals surface area contributed by atoms with Crippen LogP contribution in [0, 0.1) is 5.41 Å². The molecular weight excluding hydrogens is 497 g/mol. The number of amides is 2. The van der Waals surface area contributed by atoms with Gasteiger partial charge in [-0.25, -0.2) is 0 Å². The Morgan fingerprint density at radius 3 is 2.50 bits per heavy atom. The molecule has 5 rings (SSSR count). The first-order valence-corrected chi connectivity index (χ1v) is 13.2. The van der Waals surface area contributed by atoms with E-state index in [4.69, 9.17) is 0 Å². The molecule has 3 heterocycles. The van der Waals surface area contributed by atoms with Gasteiger partial charge in [-0.2, -0.15) is 13.2 Å². The van der Waals surface area contributed by atoms with Crippen LogP contribution in [0.25, 0.3) is 0 Å². The number of halogens is 3. The fraction of sp³-hybridized carbons (Fsp3) is 0.536. The number of hydrogen-bond acceptors (Lipinski definition) is 5. The number of aromatic nitrogens is 1. The highest BCUT2D eigenvalue weighted by Crippen LogP contribution is 2.44. The number of hydrogen-bond donors (Lipinski definition) is 2. The van der Waals surface area contributed by atoms with Crippen LogP contribution in [0.4, 0.5) is 13.2 Å². The van der Waals surface area contributed by atoms with Crippen molar-refractivity contribution in [2.24, 2.45) is 5.41 Å². The number of rotatable bonds is 5. The van der Waals surface area contributed by atoms with Crippen LogP contribution in [-0.2, 0) is 16.6 Å². The molecule has 1 atom stereocenters. The number of likely N-dealkylation sites (tertiary alicyclic amines) is 2. The lowest BCUT2D eigenvalue weighted by atomic mass is 9.79. The molecule has 2 N–H and O–H groups in total. The molecule has 3 fully saturated rings. The van der Waals surface area contributed by atoms with Crippen LogP contribution in [0.5, 0.6) is 0 Å². The summed E-state index contributed by atoms with van der Waals surface area (Å²) in [6.45, 7) is 2.84. The Hall–Kier alpha value is -2.98. The molecule has 2 amide bonds. The Labute approximate surface area is 220 Å². The SMILES string of the molecule is O=C(NCC(=O)N1CCC2(CCN(C3CCC(O)(c4ccccn4)CC3)C2)C1)c1cccc(C(F)(F)F)c1. The summed E-state index contributed by atoms with van der Waals surface area (Å²) in [5.41, 5.74) is -1.14. The van der Waals surface area contributed by atoms with Crippen molar-refractivity contribution in [3.63, 3.8) is 0 Å². The molecule has 1 aromatic heterocycles. The summed E-state index contributed by atoms with van der Waals surface area (Å²) in [5, 5.41) is 13.6. The molecule has 1 saturated carbocycles. The molecule has 2 aliphatic heterocycles. The van der Waals surface area contributed by atoms with Gasteiger partial charge in [-0.1, -0.05) is 12.1 Å². The van der Waals surface area contributed by atoms with Gasteiger partial charge >= 0.3 is 6.18 Å². The highest BCUT2D eigenvalue weighted by atomic mass is 19.4. The van der Waals surface area contributed by atoms with Crippen molar-refractivity contribution < 1.29 is 27.9 Å². The van der Waals surface area contributed by atoms with Crippen LogP contribution >= 0.6 is 0 Å². The van der Waals surface area contributed by atoms with Crippen LogP contribution in [0.1, 0.15) is 60.1 Å². The van der Waals surface area contributed by atoms with Crippen molar-refractivity contribution in [3.8, 4) is 0 Å². The molecule has 1 unspecified atom stereocenters. The minimum atomic E-state index is -4.54. The van der Waals surface area contributed by atoms with Gasteiger partial charge in [0.05, 0.1) is 17.8 Å². The van der Waals surface area contributed by atoms with Gasteiger partial charge in [-0.15, -0.1) is 0 Å². The molecule has 2 saturated heterocycles. The lowest BCUT2D eigenvalue weighted by Crippen LogP contribution is -2.43. The number of pyridine rings is 1. The zero-order valence-electron chi connectivity index (χ0n) is 21.2. The fourth-order valence-electron chi connectivity index (χ4n) is 6.31. The van der Waals surface area contributed by atoms with Crippen LogP contribution in [-0.4, -0.2) is 70.5 Å². The standard InChI is InChI=1S/C28H33F3N4O3/c29-28(30,31)21-5-3-4-20(16-21)25(37)33-17-24(36)35-15-12-26(19-35)11-14-34(18-26)22-7-9-27(38,10-8-22)23-6-1-2-13-32-23/h1-6,13,16,22,38H,7-12,14-15,17-19H2,(H,33,37). The van der Waals surface area contributed by atoms with E-state index in [2.05, 4.69) is 15.2 Å². The molecule has 3 aliphatic rings. The van der Waals surface area contributed by atoms with Crippen molar-refractivity contribution >= 4 is 11.8 Å². The summed E-state index contributed by atoms with van der Waals surface area (Å²) in [7, 11) is 0. The first-order valence-electron chi connectivity index (χ1n) is 13.2. The average molecular weight is 531 g/mol. The van der Waals surface area contributed by atoms with Gasteiger partial charge in [0.2, 0.25) is 5.91 Å². The van der Waals surface area contributed by atoms with Gasteiger partial charge in [0.1, 0.15) is 5.60 Å². The Morgan fingerprint density at radius 1 is 1.03 bits per heavy atom. The third-order valence-electron chi connectivity index (χ3n) is 8.55. The van der Waals surface area contributed by atoms with Gasteiger partial charge in [-0.3, -0.25) is 19.5 Å². The number of carbonyl (C=O) groups is 2. The molecule has 1 aliphatic carbocycles. The van der Waals surface area contributed by atoms with E-state index in [0.717, 1.165) is 56.6 Å². The van der Waals surface area contributed by atoms with Crippen molar-refractivity contribution in [2.75, 3.05) is 32.7 Å². The number of nitrogens with zero attached hydrogens (tertiary/aromatic N) is 3. The summed E-state index contributed by atoms with van der Waals surface area (Å²) in [6, 6.07) is 10.2. The molecule has 38 heavy (non-hydrogen) atoms. The summed E-state index contributed by atoms with van der Waals surface area (Å²) in [6.07, 6.45) is 2.20. The monoisotopic (exact) mass is 530 g/mol. The quantitative estimate of drug-likeness (QED) is 0.617. The van der Waals surface area contributed by atoms with Gasteiger partial charge in [0, 0.05) is 42.9 Å². The summed E-state index contributed by atoms with van der Waals surface area (Å²) < 4.78 is 38.8. The summed E-state index contributed by atoms with van der Waals surface area (Å²) in [4.78, 5) is 33.8. The summed E-state index contributed by atoms with van der Waals surface area (Å²) in [5.74, 6) is -0.924. The van der Waals surface area contributed by atoms with Crippen LogP contribution < -0.4 is 5.32 Å². The second-order valence-corrected chi connectivity index (χ2v) is 11.0. The maximum Gasteiger partial charge on any atom is 0.416 e. The van der Waals surface area contributed by atoms with E-state index in [-0.39, 0.29) is 23.4 Å². The third-order valence-corrected chi connectivity index (χ3v) is 8.55. The topological polar surface area (TPSA) is 85.8 Å². The van der Waals surface area contributed by atoms with E-state index in [1.807, 2.05) is 18.2 Å². The largest absolute Gasteiger partial charge is 0.416 e. The lowest BCUT2D eigenvalue weighted by molar-refractivity contribution is -0.137. The van der Waals surface area contributed by atoms with Crippen molar-refractivity contribution in [1.29, 1.82) is 0 Å². The van der Waals surface area contributed by atoms with Gasteiger partial charge in [0.15, 0.2) is 0 Å². The van der Waals surface area contributed by atoms with E-state index in [1.54, 1.807) is 11.1 Å². The smallest absolute Gasteiger partial charge is 0.384 e. The van der Waals surface area contributed by atoms with E-state index >= 15 is 0 Å². The molecule has 2 aromatic rings. The van der Waals surface area contributed by atoms with Gasteiger partial charge < -0.3 is 15.3 Å². The van der Waals surface area contributed by atoms with Crippen molar-refractivity contribution in [2.45, 2.75) is 56.3 Å². The number of aliphatic hydroxyl groups is 1. The number of benzene rings is 1. The Bertz CT molecular complexity index is 1170. The van der Waals surface area contributed by atoms with Gasteiger partial charge in [0.25, 0.3) is 5.91 Å². The predicted octanol–water partition coefficient (Wildman–Crippen LogP) is 3.59. The van der Waals surface area contributed by atoms with E-state index in [9.17, 15) is 27.9 Å². The van der Waals surface area contributed by atoms with E-state index in [1.165, 1.54) is 12.1 Å². The maximum absolute atomic E-state index is 12.9. The van der Waals surface area contributed by atoms with Gasteiger partial charge in [-0.05, 0) is 75.4 Å². The second kappa shape index (κ2) is 10.3. The number of alkyl halides is 3. The van der Waals surface area contributed by atoms with Crippen LogP contribution in [0.3, 0.4) is 0 Å². The molecular formula is C28H33F3N4O3. The van der Waals surface area contributed by atoms with Crippen molar-refractivity contribution in [1.82, 2.24) is 20.1 Å². The molecule has 204 valence electrons. The van der Waals surface area contributed by atoms with Crippen LogP contribution in [0.15, 0.2) is 48.7 Å². The Kier molecular flexibility index (Phi) is 7.21. The van der Waals surface area contributed by atoms with E-state index in [0.29, 0.717) is 32.0 Å². The van der Waals surface area contributed by atoms with Crippen molar-refractivity contribution in [3.05, 3.63) is 65.5 Å². The molecule has 1 aromatic carbocycles. The normalized spacial score (nSPS) is 28.1. The molecule has 0 bridgehead atoms. The molecule has 10 heteroatoms. The first kappa shape index (κ1) is 26.6. The predicted molar refractivity (Wildman–Crippen MR) is 134 cm³/mol. The minimum absolute atomic E-state index is 0.0233. The van der Waals surface area contributed by atoms with Crippen LogP contribution in [0.2, 0.25) is 0 Å². The number of nitrogens with one attached hydrogen (secondary N) is 1. The molecule has 1 spiro atoms. The Balaban J connectivity index is 1.10. The molecule has 7 nitrogen and oxygen atoms in total. The number of carbonyl (C=O) groups excluding carboxylic acids is 2. The lowest BCUT2D eigenvalue weighted by Gasteiger charge is -2.39. The molecule has 0 radical (unpaired) electrons. The zero-order chi connectivity index (χ0) is 27.0. The second-order valence-electron chi connectivity index (χ2n) is 11.0.